The Morgan fingerprint density at radius 2 is 2.22 bits per heavy atom. The highest BCUT2D eigenvalue weighted by Gasteiger charge is 2.33. The molecule has 1 unspecified atom stereocenters. The molecule has 1 amide bonds. The first-order valence-electron chi connectivity index (χ1n) is 6.56. The SMILES string of the molecule is CCC1(C)CCCN(C(=O)[C@@H](N)CCSC)C1.Cl. The van der Waals surface area contributed by atoms with Gasteiger partial charge in [-0.15, -0.1) is 12.4 Å². The number of hydrogen-bond donors (Lipinski definition) is 1. The number of halogens is 1. The van der Waals surface area contributed by atoms with Gasteiger partial charge in [0.15, 0.2) is 0 Å². The second kappa shape index (κ2) is 8.28. The largest absolute Gasteiger partial charge is 0.341 e. The van der Waals surface area contributed by atoms with Crippen molar-refractivity contribution in [3.63, 3.8) is 0 Å². The third-order valence-corrected chi connectivity index (χ3v) is 4.54. The maximum absolute atomic E-state index is 12.2. The smallest absolute Gasteiger partial charge is 0.239 e. The van der Waals surface area contributed by atoms with Crippen molar-refractivity contribution in [2.24, 2.45) is 11.1 Å². The summed E-state index contributed by atoms with van der Waals surface area (Å²) in [5.41, 5.74) is 6.26. The molecule has 0 aromatic rings. The fraction of sp³-hybridized carbons (Fsp3) is 0.923. The van der Waals surface area contributed by atoms with Crippen LogP contribution in [0.15, 0.2) is 0 Å². The van der Waals surface area contributed by atoms with Crippen molar-refractivity contribution in [1.82, 2.24) is 4.90 Å². The lowest BCUT2D eigenvalue weighted by atomic mass is 9.79. The van der Waals surface area contributed by atoms with E-state index in [-0.39, 0.29) is 24.4 Å². The highest BCUT2D eigenvalue weighted by molar-refractivity contribution is 7.98. The summed E-state index contributed by atoms with van der Waals surface area (Å²) in [6.45, 7) is 6.26. The second-order valence-corrected chi connectivity index (χ2v) is 6.40. The van der Waals surface area contributed by atoms with Crippen molar-refractivity contribution in [2.45, 2.75) is 45.6 Å². The number of hydrogen-bond acceptors (Lipinski definition) is 3. The van der Waals surface area contributed by atoms with Crippen LogP contribution in [0, 0.1) is 5.41 Å². The van der Waals surface area contributed by atoms with E-state index in [0.29, 0.717) is 5.41 Å². The summed E-state index contributed by atoms with van der Waals surface area (Å²) in [4.78, 5) is 14.2. The van der Waals surface area contributed by atoms with Crippen LogP contribution in [0.3, 0.4) is 0 Å². The Morgan fingerprint density at radius 3 is 2.78 bits per heavy atom. The lowest BCUT2D eigenvalue weighted by Crippen LogP contribution is -2.50. The highest BCUT2D eigenvalue weighted by Crippen LogP contribution is 2.32. The number of nitrogens with two attached hydrogens (primary N) is 1. The topological polar surface area (TPSA) is 46.3 Å². The predicted molar refractivity (Wildman–Crippen MR) is 82.4 cm³/mol. The first kappa shape index (κ1) is 18.1. The van der Waals surface area contributed by atoms with Crippen LogP contribution in [-0.4, -0.2) is 41.9 Å². The Kier molecular flexibility index (Phi) is 8.31. The van der Waals surface area contributed by atoms with E-state index in [1.165, 1.54) is 6.42 Å². The summed E-state index contributed by atoms with van der Waals surface area (Å²) in [5, 5.41) is 0. The summed E-state index contributed by atoms with van der Waals surface area (Å²) in [6.07, 6.45) is 6.32. The Bertz CT molecular complexity index is 265. The predicted octanol–water partition coefficient (Wildman–Crippen LogP) is 2.53. The molecule has 1 aliphatic rings. The van der Waals surface area contributed by atoms with Crippen LogP contribution in [0.4, 0.5) is 0 Å². The molecule has 1 rings (SSSR count). The first-order chi connectivity index (χ1) is 8.02. The van der Waals surface area contributed by atoms with Crippen molar-refractivity contribution in [3.8, 4) is 0 Å². The molecular formula is C13H27ClN2OS. The quantitative estimate of drug-likeness (QED) is 0.847. The van der Waals surface area contributed by atoms with Gasteiger partial charge in [0.05, 0.1) is 6.04 Å². The Balaban J connectivity index is 0.00000289. The molecule has 2 atom stereocenters. The molecule has 1 heterocycles. The Labute approximate surface area is 122 Å². The Morgan fingerprint density at radius 1 is 1.56 bits per heavy atom. The number of carbonyl (C=O) groups excluding carboxylic acids is 1. The standard InChI is InChI=1S/C13H26N2OS.ClH/c1-4-13(2)7-5-8-15(10-13)12(16)11(14)6-9-17-3;/h11H,4-10,14H2,1-3H3;1H/t11-,13?;/m0./s1. The minimum Gasteiger partial charge on any atom is -0.341 e. The molecule has 1 fully saturated rings. The molecule has 0 saturated carbocycles. The number of thioether (sulfide) groups is 1. The Hall–Kier alpha value is 0.0700. The first-order valence-corrected chi connectivity index (χ1v) is 7.95. The highest BCUT2D eigenvalue weighted by atomic mass is 35.5. The zero-order valence-corrected chi connectivity index (χ0v) is 13.4. The van der Waals surface area contributed by atoms with Crippen LogP contribution >= 0.6 is 24.2 Å². The summed E-state index contributed by atoms with van der Waals surface area (Å²) in [6, 6.07) is -0.304. The number of carbonyl (C=O) groups is 1. The van der Waals surface area contributed by atoms with E-state index in [1.807, 2.05) is 11.2 Å². The summed E-state index contributed by atoms with van der Waals surface area (Å²) in [7, 11) is 0. The molecule has 0 aliphatic carbocycles. The summed E-state index contributed by atoms with van der Waals surface area (Å²) < 4.78 is 0. The van der Waals surface area contributed by atoms with Gasteiger partial charge < -0.3 is 10.6 Å². The second-order valence-electron chi connectivity index (χ2n) is 5.42. The maximum Gasteiger partial charge on any atom is 0.239 e. The molecule has 1 saturated heterocycles. The van der Waals surface area contributed by atoms with Gasteiger partial charge in [-0.3, -0.25) is 4.79 Å². The molecule has 2 N–H and O–H groups in total. The van der Waals surface area contributed by atoms with Gasteiger partial charge in [0.2, 0.25) is 5.91 Å². The van der Waals surface area contributed by atoms with Gasteiger partial charge in [0, 0.05) is 13.1 Å². The minimum absolute atomic E-state index is 0. The molecule has 5 heteroatoms. The van der Waals surface area contributed by atoms with Crippen molar-refractivity contribution < 1.29 is 4.79 Å². The molecule has 0 spiro atoms. The van der Waals surface area contributed by atoms with Gasteiger partial charge >= 0.3 is 0 Å². The third-order valence-electron chi connectivity index (χ3n) is 3.90. The van der Waals surface area contributed by atoms with Crippen LogP contribution in [0.5, 0.6) is 0 Å². The number of likely N-dealkylation sites (tertiary alicyclic amines) is 1. The lowest BCUT2D eigenvalue weighted by molar-refractivity contribution is -0.136. The minimum atomic E-state index is -0.304. The summed E-state index contributed by atoms with van der Waals surface area (Å²) >= 11 is 1.75. The monoisotopic (exact) mass is 294 g/mol. The molecule has 1 aliphatic heterocycles. The van der Waals surface area contributed by atoms with Crippen LogP contribution in [-0.2, 0) is 4.79 Å². The number of piperidine rings is 1. The molecular weight excluding hydrogens is 268 g/mol. The van der Waals surface area contributed by atoms with E-state index < -0.39 is 0 Å². The molecule has 0 radical (unpaired) electrons. The van der Waals surface area contributed by atoms with Gasteiger partial charge in [-0.05, 0) is 43.1 Å². The average molecular weight is 295 g/mol. The molecule has 3 nitrogen and oxygen atoms in total. The maximum atomic E-state index is 12.2. The number of amides is 1. The van der Waals surface area contributed by atoms with Crippen LogP contribution < -0.4 is 5.73 Å². The zero-order valence-electron chi connectivity index (χ0n) is 11.8. The van der Waals surface area contributed by atoms with Gasteiger partial charge in [0.25, 0.3) is 0 Å². The van der Waals surface area contributed by atoms with Crippen molar-refractivity contribution >= 4 is 30.1 Å². The molecule has 18 heavy (non-hydrogen) atoms. The van der Waals surface area contributed by atoms with E-state index in [1.54, 1.807) is 11.8 Å². The van der Waals surface area contributed by atoms with Crippen molar-refractivity contribution in [2.75, 3.05) is 25.1 Å². The summed E-state index contributed by atoms with van der Waals surface area (Å²) in [5.74, 6) is 1.12. The van der Waals surface area contributed by atoms with Gasteiger partial charge in [-0.2, -0.15) is 11.8 Å². The van der Waals surface area contributed by atoms with Crippen LogP contribution in [0.1, 0.15) is 39.5 Å². The van der Waals surface area contributed by atoms with Gasteiger partial charge in [-0.1, -0.05) is 13.8 Å². The molecule has 0 aromatic heterocycles. The zero-order chi connectivity index (χ0) is 12.9. The van der Waals surface area contributed by atoms with Gasteiger partial charge in [0.1, 0.15) is 0 Å². The van der Waals surface area contributed by atoms with Crippen molar-refractivity contribution in [3.05, 3.63) is 0 Å². The van der Waals surface area contributed by atoms with E-state index in [2.05, 4.69) is 13.8 Å². The average Bonchev–Trinajstić information content (AvgIpc) is 2.35. The molecule has 108 valence electrons. The van der Waals surface area contributed by atoms with Crippen LogP contribution in [0.25, 0.3) is 0 Å². The van der Waals surface area contributed by atoms with Crippen LogP contribution in [0.2, 0.25) is 0 Å². The van der Waals surface area contributed by atoms with E-state index in [4.69, 9.17) is 5.73 Å². The molecule has 0 bridgehead atoms. The number of nitrogens with zero attached hydrogens (tertiary/aromatic N) is 1. The third kappa shape index (κ3) is 4.98. The fourth-order valence-corrected chi connectivity index (χ4v) is 2.88. The van der Waals surface area contributed by atoms with E-state index >= 15 is 0 Å². The number of rotatable bonds is 5. The fourth-order valence-electron chi connectivity index (χ4n) is 2.40. The van der Waals surface area contributed by atoms with Gasteiger partial charge in [-0.25, -0.2) is 0 Å². The lowest BCUT2D eigenvalue weighted by Gasteiger charge is -2.41. The van der Waals surface area contributed by atoms with Crippen molar-refractivity contribution in [1.29, 1.82) is 0 Å². The van der Waals surface area contributed by atoms with E-state index in [9.17, 15) is 4.79 Å². The normalized spacial score (nSPS) is 25.4. The van der Waals surface area contributed by atoms with E-state index in [0.717, 1.165) is 38.1 Å². The molecule has 0 aromatic carbocycles.